The molecule has 110 valence electrons. The Kier molecular flexibility index (Phi) is 4.65. The predicted octanol–water partition coefficient (Wildman–Crippen LogP) is 2.58. The number of rotatable bonds is 3. The lowest BCUT2D eigenvalue weighted by Crippen LogP contribution is -2.46. The maximum absolute atomic E-state index is 12.2. The summed E-state index contributed by atoms with van der Waals surface area (Å²) in [5.74, 6) is 0.850. The molecular formula is C16H23NO3. The molecule has 0 bridgehead atoms. The van der Waals surface area contributed by atoms with E-state index in [1.165, 1.54) is 0 Å². The van der Waals surface area contributed by atoms with Crippen molar-refractivity contribution >= 4 is 5.97 Å². The smallest absolute Gasteiger partial charge is 0.338 e. The van der Waals surface area contributed by atoms with Crippen molar-refractivity contribution in [3.63, 3.8) is 0 Å². The van der Waals surface area contributed by atoms with E-state index in [1.54, 1.807) is 31.4 Å². The normalized spacial score (nSPS) is 27.1. The van der Waals surface area contributed by atoms with Gasteiger partial charge in [-0.25, -0.2) is 4.79 Å². The number of nitrogens with zero attached hydrogens (tertiary/aromatic N) is 1. The lowest BCUT2D eigenvalue weighted by molar-refractivity contribution is -0.0196. The maximum atomic E-state index is 12.2. The molecule has 1 aliphatic heterocycles. The van der Waals surface area contributed by atoms with E-state index in [2.05, 4.69) is 25.8 Å². The van der Waals surface area contributed by atoms with Gasteiger partial charge in [-0.1, -0.05) is 6.92 Å². The van der Waals surface area contributed by atoms with Gasteiger partial charge in [-0.2, -0.15) is 0 Å². The third-order valence-corrected chi connectivity index (χ3v) is 4.12. The Morgan fingerprint density at radius 2 is 1.90 bits per heavy atom. The Balaban J connectivity index is 1.99. The van der Waals surface area contributed by atoms with Gasteiger partial charge in [-0.15, -0.1) is 0 Å². The second-order valence-corrected chi connectivity index (χ2v) is 5.67. The maximum Gasteiger partial charge on any atom is 0.338 e. The Hall–Kier alpha value is -1.55. The van der Waals surface area contributed by atoms with Crippen LogP contribution in [0.15, 0.2) is 24.3 Å². The molecule has 4 nitrogen and oxygen atoms in total. The number of methoxy groups -OCH3 is 1. The molecule has 0 unspecified atom stereocenters. The minimum Gasteiger partial charge on any atom is -0.497 e. The zero-order chi connectivity index (χ0) is 14.7. The van der Waals surface area contributed by atoms with Gasteiger partial charge in [0.1, 0.15) is 11.9 Å². The van der Waals surface area contributed by atoms with Gasteiger partial charge < -0.3 is 14.4 Å². The van der Waals surface area contributed by atoms with Crippen LogP contribution >= 0.6 is 0 Å². The number of likely N-dealkylation sites (tertiary alicyclic amines) is 1. The molecule has 1 aliphatic rings. The second-order valence-electron chi connectivity index (χ2n) is 5.67. The van der Waals surface area contributed by atoms with Crippen LogP contribution in [0, 0.1) is 5.92 Å². The summed E-state index contributed by atoms with van der Waals surface area (Å²) in [4.78, 5) is 14.5. The molecule has 20 heavy (non-hydrogen) atoms. The summed E-state index contributed by atoms with van der Waals surface area (Å²) < 4.78 is 10.8. The van der Waals surface area contributed by atoms with E-state index in [1.807, 2.05) is 0 Å². The van der Waals surface area contributed by atoms with Crippen molar-refractivity contribution < 1.29 is 14.3 Å². The van der Waals surface area contributed by atoms with Crippen LogP contribution in [0.5, 0.6) is 5.75 Å². The van der Waals surface area contributed by atoms with Crippen LogP contribution in [0.1, 0.15) is 30.6 Å². The Labute approximate surface area is 120 Å². The van der Waals surface area contributed by atoms with Crippen molar-refractivity contribution in [1.29, 1.82) is 0 Å². The SMILES string of the molecule is COc1ccc(C(=O)O[C@H]2C[C@@H](C)N(C)C[C@H]2C)cc1. The van der Waals surface area contributed by atoms with Crippen LogP contribution in [0.2, 0.25) is 0 Å². The first kappa shape index (κ1) is 14.9. The number of benzene rings is 1. The van der Waals surface area contributed by atoms with Crippen molar-refractivity contribution in [3.8, 4) is 5.75 Å². The Bertz CT molecular complexity index is 457. The van der Waals surface area contributed by atoms with Gasteiger partial charge in [0.25, 0.3) is 0 Å². The van der Waals surface area contributed by atoms with Gasteiger partial charge >= 0.3 is 5.97 Å². The molecule has 0 aromatic heterocycles. The monoisotopic (exact) mass is 277 g/mol. The fraction of sp³-hybridized carbons (Fsp3) is 0.562. The highest BCUT2D eigenvalue weighted by Gasteiger charge is 2.31. The van der Waals surface area contributed by atoms with Crippen molar-refractivity contribution in [2.45, 2.75) is 32.4 Å². The van der Waals surface area contributed by atoms with E-state index in [0.717, 1.165) is 18.7 Å². The van der Waals surface area contributed by atoms with E-state index in [-0.39, 0.29) is 12.1 Å². The van der Waals surface area contributed by atoms with E-state index in [0.29, 0.717) is 17.5 Å². The van der Waals surface area contributed by atoms with E-state index in [4.69, 9.17) is 9.47 Å². The van der Waals surface area contributed by atoms with Crippen molar-refractivity contribution in [3.05, 3.63) is 29.8 Å². The summed E-state index contributed by atoms with van der Waals surface area (Å²) >= 11 is 0. The summed E-state index contributed by atoms with van der Waals surface area (Å²) in [6.45, 7) is 5.26. The van der Waals surface area contributed by atoms with Gasteiger partial charge in [0.05, 0.1) is 12.7 Å². The highest BCUT2D eigenvalue weighted by atomic mass is 16.5. The minimum absolute atomic E-state index is 0.00389. The molecule has 4 heteroatoms. The number of piperidine rings is 1. The molecule has 0 spiro atoms. The van der Waals surface area contributed by atoms with Gasteiger partial charge in [-0.05, 0) is 44.7 Å². The largest absolute Gasteiger partial charge is 0.497 e. The molecular weight excluding hydrogens is 254 g/mol. The molecule has 0 saturated carbocycles. The molecule has 1 fully saturated rings. The fourth-order valence-electron chi connectivity index (χ4n) is 2.60. The summed E-state index contributed by atoms with van der Waals surface area (Å²) in [5.41, 5.74) is 0.574. The second kappa shape index (κ2) is 6.27. The van der Waals surface area contributed by atoms with Crippen LogP contribution in [0.4, 0.5) is 0 Å². The highest BCUT2D eigenvalue weighted by Crippen LogP contribution is 2.24. The molecule has 1 saturated heterocycles. The summed E-state index contributed by atoms with van der Waals surface area (Å²) in [6.07, 6.45) is 0.885. The number of ether oxygens (including phenoxy) is 2. The van der Waals surface area contributed by atoms with Gasteiger partial charge in [0.2, 0.25) is 0 Å². The summed E-state index contributed by atoms with van der Waals surface area (Å²) in [6, 6.07) is 7.48. The number of hydrogen-bond acceptors (Lipinski definition) is 4. The first-order valence-electron chi connectivity index (χ1n) is 7.06. The van der Waals surface area contributed by atoms with Crippen LogP contribution in [0.25, 0.3) is 0 Å². The molecule has 1 aromatic carbocycles. The van der Waals surface area contributed by atoms with Crippen LogP contribution in [-0.2, 0) is 4.74 Å². The lowest BCUT2D eigenvalue weighted by atomic mass is 9.92. The third-order valence-electron chi connectivity index (χ3n) is 4.12. The first-order chi connectivity index (χ1) is 9.51. The topological polar surface area (TPSA) is 38.8 Å². The van der Waals surface area contributed by atoms with Crippen LogP contribution in [-0.4, -0.2) is 43.7 Å². The zero-order valence-electron chi connectivity index (χ0n) is 12.6. The molecule has 3 atom stereocenters. The standard InChI is InChI=1S/C16H23NO3/c1-11-10-17(3)12(2)9-15(11)20-16(18)13-5-7-14(19-4)8-6-13/h5-8,11-12,15H,9-10H2,1-4H3/t11-,12-,15+/m1/s1. The Morgan fingerprint density at radius 1 is 1.25 bits per heavy atom. The number of esters is 1. The average Bonchev–Trinajstić information content (AvgIpc) is 2.44. The van der Waals surface area contributed by atoms with E-state index >= 15 is 0 Å². The summed E-state index contributed by atoms with van der Waals surface area (Å²) in [7, 11) is 3.72. The van der Waals surface area contributed by atoms with Crippen molar-refractivity contribution in [2.75, 3.05) is 20.7 Å². The van der Waals surface area contributed by atoms with Gasteiger partial charge in [0.15, 0.2) is 0 Å². The van der Waals surface area contributed by atoms with Crippen molar-refractivity contribution in [2.24, 2.45) is 5.92 Å². The van der Waals surface area contributed by atoms with Crippen LogP contribution < -0.4 is 4.74 Å². The molecule has 1 heterocycles. The molecule has 0 radical (unpaired) electrons. The Morgan fingerprint density at radius 3 is 2.50 bits per heavy atom. The molecule has 0 N–H and O–H groups in total. The molecule has 0 aliphatic carbocycles. The van der Waals surface area contributed by atoms with E-state index in [9.17, 15) is 4.79 Å². The van der Waals surface area contributed by atoms with Gasteiger partial charge in [0, 0.05) is 18.5 Å². The highest BCUT2D eigenvalue weighted by molar-refractivity contribution is 5.89. The quantitative estimate of drug-likeness (QED) is 0.796. The minimum atomic E-state index is -0.249. The average molecular weight is 277 g/mol. The molecule has 0 amide bonds. The lowest BCUT2D eigenvalue weighted by Gasteiger charge is -2.39. The number of hydrogen-bond donors (Lipinski definition) is 0. The van der Waals surface area contributed by atoms with Crippen molar-refractivity contribution in [1.82, 2.24) is 4.90 Å². The zero-order valence-corrected chi connectivity index (χ0v) is 12.6. The molecule has 2 rings (SSSR count). The molecule has 1 aromatic rings. The number of carbonyl (C=O) groups is 1. The number of carbonyl (C=O) groups excluding carboxylic acids is 1. The van der Waals surface area contributed by atoms with Crippen LogP contribution in [0.3, 0.4) is 0 Å². The summed E-state index contributed by atoms with van der Waals surface area (Å²) in [5, 5.41) is 0. The first-order valence-corrected chi connectivity index (χ1v) is 7.06. The fourth-order valence-corrected chi connectivity index (χ4v) is 2.60. The van der Waals surface area contributed by atoms with E-state index < -0.39 is 0 Å². The predicted molar refractivity (Wildman–Crippen MR) is 78.1 cm³/mol. The third kappa shape index (κ3) is 3.31. The van der Waals surface area contributed by atoms with Gasteiger partial charge in [-0.3, -0.25) is 0 Å².